The first-order chi connectivity index (χ1) is 8.90. The van der Waals surface area contributed by atoms with Crippen molar-refractivity contribution in [1.29, 1.82) is 0 Å². The Bertz CT molecular complexity index is 492. The number of primary amides is 1. The number of hydrogen-bond donors (Lipinski definition) is 2. The van der Waals surface area contributed by atoms with E-state index in [9.17, 15) is 9.90 Å². The first-order valence-electron chi connectivity index (χ1n) is 6.40. The normalized spacial score (nSPS) is 24.4. The molecule has 0 radical (unpaired) electrons. The summed E-state index contributed by atoms with van der Waals surface area (Å²) in [5, 5.41) is 10.9. The maximum absolute atomic E-state index is 11.3. The fourth-order valence-corrected chi connectivity index (χ4v) is 2.64. The molecule has 1 aromatic carbocycles. The van der Waals surface area contributed by atoms with E-state index in [1.165, 1.54) is 0 Å². The second-order valence-electron chi connectivity index (χ2n) is 5.29. The summed E-state index contributed by atoms with van der Waals surface area (Å²) >= 11 is 6.00. The van der Waals surface area contributed by atoms with Crippen molar-refractivity contribution < 1.29 is 9.90 Å². The number of amides is 1. The highest BCUT2D eigenvalue weighted by Crippen LogP contribution is 2.23. The molecule has 3 N–H and O–H groups in total. The highest BCUT2D eigenvalue weighted by atomic mass is 35.5. The Morgan fingerprint density at radius 2 is 2.32 bits per heavy atom. The van der Waals surface area contributed by atoms with E-state index in [1.807, 2.05) is 25.1 Å². The molecule has 1 aliphatic rings. The lowest BCUT2D eigenvalue weighted by atomic mass is 9.92. The Kier molecular flexibility index (Phi) is 4.13. The lowest BCUT2D eigenvalue weighted by molar-refractivity contribution is -0.142. The Hall–Kier alpha value is -1.10. The highest BCUT2D eigenvalue weighted by Gasteiger charge is 2.38. The summed E-state index contributed by atoms with van der Waals surface area (Å²) in [5.41, 5.74) is 6.03. The van der Waals surface area contributed by atoms with Crippen molar-refractivity contribution in [2.24, 2.45) is 5.73 Å². The van der Waals surface area contributed by atoms with E-state index in [2.05, 4.69) is 4.90 Å². The second-order valence-corrected chi connectivity index (χ2v) is 5.70. The molecule has 0 saturated carbocycles. The van der Waals surface area contributed by atoms with Crippen molar-refractivity contribution >= 4 is 17.5 Å². The molecule has 0 aromatic heterocycles. The number of hydrogen-bond acceptors (Lipinski definition) is 3. The molecule has 1 heterocycles. The number of likely N-dealkylation sites (tertiary alicyclic amines) is 1. The molecule has 1 unspecified atom stereocenters. The Balaban J connectivity index is 2.06. The minimum atomic E-state index is -1.39. The molecule has 1 fully saturated rings. The molecule has 1 aromatic rings. The van der Waals surface area contributed by atoms with Gasteiger partial charge in [-0.3, -0.25) is 9.69 Å². The molecule has 5 heteroatoms. The summed E-state index contributed by atoms with van der Waals surface area (Å²) < 4.78 is 0. The number of piperidine rings is 1. The van der Waals surface area contributed by atoms with Crippen LogP contribution in [-0.2, 0) is 11.3 Å². The number of carbonyl (C=O) groups excluding carboxylic acids is 1. The summed E-state index contributed by atoms with van der Waals surface area (Å²) in [6, 6.07) is 5.87. The zero-order valence-electron chi connectivity index (χ0n) is 11.0. The van der Waals surface area contributed by atoms with Crippen molar-refractivity contribution in [1.82, 2.24) is 4.90 Å². The summed E-state index contributed by atoms with van der Waals surface area (Å²) in [6.07, 6.45) is 1.21. The van der Waals surface area contributed by atoms with Crippen molar-refractivity contribution in [3.63, 3.8) is 0 Å². The average molecular weight is 283 g/mol. The summed E-state index contributed by atoms with van der Waals surface area (Å²) in [7, 11) is 0. The van der Waals surface area contributed by atoms with Gasteiger partial charge in [-0.25, -0.2) is 0 Å². The van der Waals surface area contributed by atoms with Crippen LogP contribution in [0.4, 0.5) is 0 Å². The fourth-order valence-electron chi connectivity index (χ4n) is 2.52. The van der Waals surface area contributed by atoms with Crippen LogP contribution in [0.25, 0.3) is 0 Å². The molecule has 19 heavy (non-hydrogen) atoms. The van der Waals surface area contributed by atoms with Gasteiger partial charge in [0.1, 0.15) is 0 Å². The molecule has 104 valence electrons. The molecule has 1 atom stereocenters. The lowest BCUT2D eigenvalue weighted by Crippen LogP contribution is -2.55. The maximum atomic E-state index is 11.3. The largest absolute Gasteiger partial charge is 0.379 e. The minimum absolute atomic E-state index is 0.296. The molecular formula is C14H19ClN2O2. The predicted molar refractivity (Wildman–Crippen MR) is 74.8 cm³/mol. The number of nitrogens with two attached hydrogens (primary N) is 1. The predicted octanol–water partition coefficient (Wildman–Crippen LogP) is 1.46. The maximum Gasteiger partial charge on any atom is 0.250 e. The van der Waals surface area contributed by atoms with Gasteiger partial charge in [0.15, 0.2) is 5.60 Å². The Morgan fingerprint density at radius 1 is 1.58 bits per heavy atom. The zero-order valence-corrected chi connectivity index (χ0v) is 11.8. The van der Waals surface area contributed by atoms with Gasteiger partial charge in [-0.05, 0) is 43.5 Å². The van der Waals surface area contributed by atoms with Gasteiger partial charge in [0.05, 0.1) is 0 Å². The van der Waals surface area contributed by atoms with Crippen molar-refractivity contribution in [3.05, 3.63) is 34.3 Å². The van der Waals surface area contributed by atoms with Crippen molar-refractivity contribution in [3.8, 4) is 0 Å². The van der Waals surface area contributed by atoms with Crippen LogP contribution in [0.2, 0.25) is 5.02 Å². The van der Waals surface area contributed by atoms with Crippen LogP contribution in [0, 0.1) is 6.92 Å². The summed E-state index contributed by atoms with van der Waals surface area (Å²) in [5.74, 6) is -0.635. The van der Waals surface area contributed by atoms with Crippen LogP contribution in [0.1, 0.15) is 24.0 Å². The van der Waals surface area contributed by atoms with E-state index in [1.54, 1.807) is 0 Å². The van der Waals surface area contributed by atoms with E-state index in [-0.39, 0.29) is 0 Å². The Morgan fingerprint density at radius 3 is 2.95 bits per heavy atom. The first kappa shape index (κ1) is 14.3. The van der Waals surface area contributed by atoms with Crippen LogP contribution in [0.3, 0.4) is 0 Å². The molecule has 0 bridgehead atoms. The van der Waals surface area contributed by atoms with Gasteiger partial charge in [-0.1, -0.05) is 23.7 Å². The standard InChI is InChI=1S/C14H19ClN2O2/c1-10-7-11(3-4-12(10)15)8-17-6-2-5-14(19,9-17)13(16)18/h3-4,7,19H,2,5-6,8-9H2,1H3,(H2,16,18). The van der Waals surface area contributed by atoms with Crippen LogP contribution in [0.15, 0.2) is 18.2 Å². The summed E-state index contributed by atoms with van der Waals surface area (Å²) in [4.78, 5) is 13.4. The van der Waals surface area contributed by atoms with E-state index in [4.69, 9.17) is 17.3 Å². The minimum Gasteiger partial charge on any atom is -0.379 e. The average Bonchev–Trinajstić information content (AvgIpc) is 2.34. The molecule has 4 nitrogen and oxygen atoms in total. The Labute approximate surface area is 118 Å². The van der Waals surface area contributed by atoms with Gasteiger partial charge in [-0.2, -0.15) is 0 Å². The fraction of sp³-hybridized carbons (Fsp3) is 0.500. The lowest BCUT2D eigenvalue weighted by Gasteiger charge is -2.37. The number of halogens is 1. The second kappa shape index (κ2) is 5.49. The molecule has 0 aliphatic carbocycles. The van der Waals surface area contributed by atoms with Crippen LogP contribution in [-0.4, -0.2) is 34.6 Å². The van der Waals surface area contributed by atoms with Gasteiger partial charge in [0, 0.05) is 18.1 Å². The van der Waals surface area contributed by atoms with E-state index in [0.717, 1.165) is 29.1 Å². The SMILES string of the molecule is Cc1cc(CN2CCCC(O)(C(N)=O)C2)ccc1Cl. The van der Waals surface area contributed by atoms with Gasteiger partial charge in [0.2, 0.25) is 0 Å². The molecule has 1 amide bonds. The van der Waals surface area contributed by atoms with Gasteiger partial charge < -0.3 is 10.8 Å². The van der Waals surface area contributed by atoms with Crippen LogP contribution >= 0.6 is 11.6 Å². The first-order valence-corrected chi connectivity index (χ1v) is 6.78. The number of benzene rings is 1. The highest BCUT2D eigenvalue weighted by molar-refractivity contribution is 6.31. The number of carbonyl (C=O) groups is 1. The van der Waals surface area contributed by atoms with Gasteiger partial charge in [0.25, 0.3) is 5.91 Å². The molecule has 1 saturated heterocycles. The third-order valence-electron chi connectivity index (χ3n) is 3.64. The van der Waals surface area contributed by atoms with Crippen LogP contribution in [0.5, 0.6) is 0 Å². The number of aliphatic hydroxyl groups is 1. The quantitative estimate of drug-likeness (QED) is 0.882. The van der Waals surface area contributed by atoms with Gasteiger partial charge in [-0.15, -0.1) is 0 Å². The van der Waals surface area contributed by atoms with Crippen LogP contribution < -0.4 is 5.73 Å². The van der Waals surface area contributed by atoms with E-state index < -0.39 is 11.5 Å². The smallest absolute Gasteiger partial charge is 0.250 e. The number of nitrogens with zero attached hydrogens (tertiary/aromatic N) is 1. The molecule has 2 rings (SSSR count). The number of β-amino-alcohol motifs (C(OH)–C–C–N with tert-alkyl or cyclic N) is 1. The monoisotopic (exact) mass is 282 g/mol. The van der Waals surface area contributed by atoms with E-state index >= 15 is 0 Å². The van der Waals surface area contributed by atoms with E-state index in [0.29, 0.717) is 19.5 Å². The summed E-state index contributed by atoms with van der Waals surface area (Å²) in [6.45, 7) is 3.80. The van der Waals surface area contributed by atoms with Crippen molar-refractivity contribution in [2.75, 3.05) is 13.1 Å². The third-order valence-corrected chi connectivity index (χ3v) is 4.06. The number of aryl methyl sites for hydroxylation is 1. The van der Waals surface area contributed by atoms with Crippen molar-refractivity contribution in [2.45, 2.75) is 31.9 Å². The third kappa shape index (κ3) is 3.26. The van der Waals surface area contributed by atoms with Gasteiger partial charge >= 0.3 is 0 Å². The zero-order chi connectivity index (χ0) is 14.0. The molecule has 0 spiro atoms. The molecular weight excluding hydrogens is 264 g/mol. The molecule has 1 aliphatic heterocycles. The topological polar surface area (TPSA) is 66.6 Å². The number of rotatable bonds is 3.